The summed E-state index contributed by atoms with van der Waals surface area (Å²) in [7, 11) is 0. The van der Waals surface area contributed by atoms with Crippen LogP contribution in [0, 0.1) is 11.8 Å². The van der Waals surface area contributed by atoms with Crippen molar-refractivity contribution in [1.29, 1.82) is 0 Å². The molecule has 3 nitrogen and oxygen atoms in total. The van der Waals surface area contributed by atoms with E-state index in [0.717, 1.165) is 25.2 Å². The third-order valence-electron chi connectivity index (χ3n) is 4.01. The van der Waals surface area contributed by atoms with Gasteiger partial charge in [0.25, 0.3) is 0 Å². The minimum Gasteiger partial charge on any atom is -0.353 e. The molecule has 3 unspecified atom stereocenters. The highest BCUT2D eigenvalue weighted by atomic mass is 16.1. The van der Waals surface area contributed by atoms with Crippen molar-refractivity contribution in [3.05, 3.63) is 0 Å². The fourth-order valence-electron chi connectivity index (χ4n) is 2.57. The van der Waals surface area contributed by atoms with Gasteiger partial charge in [-0.1, -0.05) is 33.1 Å². The monoisotopic (exact) mass is 240 g/mol. The topological polar surface area (TPSA) is 55.1 Å². The van der Waals surface area contributed by atoms with Crippen LogP contribution in [0.25, 0.3) is 0 Å². The molecule has 0 bridgehead atoms. The third-order valence-corrected chi connectivity index (χ3v) is 4.01. The highest BCUT2D eigenvalue weighted by Crippen LogP contribution is 2.22. The van der Waals surface area contributed by atoms with Crippen LogP contribution in [0.2, 0.25) is 0 Å². The van der Waals surface area contributed by atoms with E-state index in [0.29, 0.717) is 24.9 Å². The molecule has 0 aromatic rings. The summed E-state index contributed by atoms with van der Waals surface area (Å²) in [4.78, 5) is 11.9. The predicted molar refractivity (Wildman–Crippen MR) is 71.6 cm³/mol. The van der Waals surface area contributed by atoms with E-state index in [9.17, 15) is 4.79 Å². The second-order valence-corrected chi connectivity index (χ2v) is 5.59. The van der Waals surface area contributed by atoms with Crippen LogP contribution in [0.4, 0.5) is 0 Å². The van der Waals surface area contributed by atoms with Crippen LogP contribution in [0.5, 0.6) is 0 Å². The van der Waals surface area contributed by atoms with Crippen molar-refractivity contribution < 1.29 is 4.79 Å². The second-order valence-electron chi connectivity index (χ2n) is 5.59. The molecule has 0 radical (unpaired) electrons. The first-order valence-electron chi connectivity index (χ1n) is 7.15. The second kappa shape index (κ2) is 7.70. The minimum absolute atomic E-state index is 0.196. The zero-order valence-corrected chi connectivity index (χ0v) is 11.4. The third kappa shape index (κ3) is 5.53. The molecule has 0 saturated heterocycles. The van der Waals surface area contributed by atoms with E-state index in [-0.39, 0.29) is 5.91 Å². The summed E-state index contributed by atoms with van der Waals surface area (Å²) in [5.41, 5.74) is 5.63. The Morgan fingerprint density at radius 3 is 2.76 bits per heavy atom. The number of rotatable bonds is 5. The molecule has 100 valence electrons. The van der Waals surface area contributed by atoms with E-state index in [1.807, 2.05) is 0 Å². The lowest BCUT2D eigenvalue weighted by Crippen LogP contribution is -2.36. The first kappa shape index (κ1) is 14.5. The average Bonchev–Trinajstić information content (AvgIpc) is 2.51. The van der Waals surface area contributed by atoms with Gasteiger partial charge in [0.1, 0.15) is 0 Å². The minimum atomic E-state index is 0.196. The lowest BCUT2D eigenvalue weighted by molar-refractivity contribution is -0.122. The molecule has 17 heavy (non-hydrogen) atoms. The van der Waals surface area contributed by atoms with E-state index >= 15 is 0 Å². The molecular weight excluding hydrogens is 212 g/mol. The Balaban J connectivity index is 2.29. The van der Waals surface area contributed by atoms with Crippen LogP contribution in [0.1, 0.15) is 58.8 Å². The summed E-state index contributed by atoms with van der Waals surface area (Å²) >= 11 is 0. The van der Waals surface area contributed by atoms with Crippen molar-refractivity contribution in [2.24, 2.45) is 17.6 Å². The number of carbonyl (C=O) groups excluding carboxylic acids is 1. The number of nitrogens with two attached hydrogens (primary N) is 1. The van der Waals surface area contributed by atoms with Gasteiger partial charge in [-0.15, -0.1) is 0 Å². The molecule has 3 N–H and O–H groups in total. The van der Waals surface area contributed by atoms with Crippen LogP contribution in [0.15, 0.2) is 0 Å². The molecule has 1 fully saturated rings. The molecule has 1 rings (SSSR count). The number of carbonyl (C=O) groups is 1. The van der Waals surface area contributed by atoms with Crippen LogP contribution in [-0.2, 0) is 4.79 Å². The normalized spacial score (nSPS) is 27.2. The summed E-state index contributed by atoms with van der Waals surface area (Å²) in [5.74, 6) is 1.37. The van der Waals surface area contributed by atoms with Gasteiger partial charge in [0.2, 0.25) is 5.91 Å². The maximum atomic E-state index is 11.9. The summed E-state index contributed by atoms with van der Waals surface area (Å²) in [5, 5.41) is 3.18. The van der Waals surface area contributed by atoms with Gasteiger partial charge < -0.3 is 11.1 Å². The van der Waals surface area contributed by atoms with Crippen molar-refractivity contribution in [2.75, 3.05) is 6.54 Å². The molecule has 3 atom stereocenters. The molecule has 0 aromatic heterocycles. The zero-order valence-electron chi connectivity index (χ0n) is 11.4. The van der Waals surface area contributed by atoms with Crippen LogP contribution in [-0.4, -0.2) is 18.5 Å². The standard InChI is InChI=1S/C14H28N2O/c1-3-12(10-15)9-14(17)16-13-6-4-5-11(2)7-8-13/h11-13H,3-10,15H2,1-2H3,(H,16,17). The first-order chi connectivity index (χ1) is 8.15. The van der Waals surface area contributed by atoms with Gasteiger partial charge in [-0.25, -0.2) is 0 Å². The Morgan fingerprint density at radius 2 is 2.12 bits per heavy atom. The highest BCUT2D eigenvalue weighted by Gasteiger charge is 2.19. The van der Waals surface area contributed by atoms with Crippen LogP contribution < -0.4 is 11.1 Å². The van der Waals surface area contributed by atoms with Crippen LogP contribution in [0.3, 0.4) is 0 Å². The van der Waals surface area contributed by atoms with Gasteiger partial charge in [0, 0.05) is 12.5 Å². The van der Waals surface area contributed by atoms with E-state index in [4.69, 9.17) is 5.73 Å². The van der Waals surface area contributed by atoms with Gasteiger partial charge in [0.15, 0.2) is 0 Å². The molecule has 3 heteroatoms. The Morgan fingerprint density at radius 1 is 1.35 bits per heavy atom. The fourth-order valence-corrected chi connectivity index (χ4v) is 2.57. The van der Waals surface area contributed by atoms with Crippen molar-refractivity contribution >= 4 is 5.91 Å². The van der Waals surface area contributed by atoms with Gasteiger partial charge in [-0.3, -0.25) is 4.79 Å². The average molecular weight is 240 g/mol. The molecule has 0 spiro atoms. The summed E-state index contributed by atoms with van der Waals surface area (Å²) < 4.78 is 0. The molecule has 1 aliphatic carbocycles. The number of amides is 1. The maximum Gasteiger partial charge on any atom is 0.220 e. The maximum absolute atomic E-state index is 11.9. The number of nitrogens with one attached hydrogen (secondary N) is 1. The predicted octanol–water partition coefficient (Wildman–Crippen LogP) is 2.45. The quantitative estimate of drug-likeness (QED) is 0.725. The molecule has 1 amide bonds. The van der Waals surface area contributed by atoms with Gasteiger partial charge in [-0.2, -0.15) is 0 Å². The Hall–Kier alpha value is -0.570. The first-order valence-corrected chi connectivity index (χ1v) is 7.15. The lowest BCUT2D eigenvalue weighted by atomic mass is 10.0. The van der Waals surface area contributed by atoms with Crippen molar-refractivity contribution in [2.45, 2.75) is 64.8 Å². The Labute approximate surface area is 106 Å². The van der Waals surface area contributed by atoms with Gasteiger partial charge in [0.05, 0.1) is 0 Å². The zero-order chi connectivity index (χ0) is 12.7. The smallest absolute Gasteiger partial charge is 0.220 e. The van der Waals surface area contributed by atoms with E-state index in [1.165, 1.54) is 19.3 Å². The van der Waals surface area contributed by atoms with Crippen molar-refractivity contribution in [1.82, 2.24) is 5.32 Å². The summed E-state index contributed by atoms with van der Waals surface area (Å²) in [6.07, 6.45) is 7.69. The van der Waals surface area contributed by atoms with Crippen molar-refractivity contribution in [3.8, 4) is 0 Å². The van der Waals surface area contributed by atoms with E-state index in [2.05, 4.69) is 19.2 Å². The molecule has 0 heterocycles. The molecule has 1 saturated carbocycles. The van der Waals surface area contributed by atoms with E-state index in [1.54, 1.807) is 0 Å². The molecule has 0 aliphatic heterocycles. The number of hydrogen-bond donors (Lipinski definition) is 2. The Bertz CT molecular complexity index is 226. The van der Waals surface area contributed by atoms with Gasteiger partial charge in [-0.05, 0) is 37.6 Å². The lowest BCUT2D eigenvalue weighted by Gasteiger charge is -2.18. The Kier molecular flexibility index (Phi) is 6.56. The van der Waals surface area contributed by atoms with Gasteiger partial charge >= 0.3 is 0 Å². The molecule has 0 aromatic carbocycles. The molecule has 1 aliphatic rings. The van der Waals surface area contributed by atoms with Crippen molar-refractivity contribution in [3.63, 3.8) is 0 Å². The highest BCUT2D eigenvalue weighted by molar-refractivity contribution is 5.76. The van der Waals surface area contributed by atoms with Crippen LogP contribution >= 0.6 is 0 Å². The summed E-state index contributed by atoms with van der Waals surface area (Å²) in [6, 6.07) is 0.405. The fraction of sp³-hybridized carbons (Fsp3) is 0.929. The SMILES string of the molecule is CCC(CN)CC(=O)NC1CCCC(C)CC1. The van der Waals surface area contributed by atoms with E-state index < -0.39 is 0 Å². The molecular formula is C14H28N2O. The number of hydrogen-bond acceptors (Lipinski definition) is 2. The summed E-state index contributed by atoms with van der Waals surface area (Å²) in [6.45, 7) is 5.02. The largest absolute Gasteiger partial charge is 0.353 e.